The number of fused-ring (bicyclic) bond motifs is 1. The number of amides is 1. The van der Waals surface area contributed by atoms with E-state index in [-0.39, 0.29) is 5.91 Å². The smallest absolute Gasteiger partial charge is 0.243 e. The molecule has 0 saturated carbocycles. The van der Waals surface area contributed by atoms with Crippen molar-refractivity contribution in [1.29, 1.82) is 5.26 Å². The minimum atomic E-state index is -0.798. The topological polar surface area (TPSA) is 47.3 Å². The Morgan fingerprint density at radius 2 is 1.95 bits per heavy atom. The minimum absolute atomic E-state index is 0.0637. The molecule has 2 saturated heterocycles. The molecule has 0 bridgehead atoms. The molecule has 0 spiro atoms. The van der Waals surface area contributed by atoms with Crippen molar-refractivity contribution >= 4 is 5.91 Å². The summed E-state index contributed by atoms with van der Waals surface area (Å²) in [6.45, 7) is 7.82. The molecule has 0 aromatic heterocycles. The first kappa shape index (κ1) is 14.3. The molecule has 2 rings (SSSR count). The zero-order valence-electron chi connectivity index (χ0n) is 12.2. The summed E-state index contributed by atoms with van der Waals surface area (Å²) in [5.74, 6) is 0.0637. The fraction of sp³-hybridized carbons (Fsp3) is 0.867. The maximum Gasteiger partial charge on any atom is 0.243 e. The van der Waals surface area contributed by atoms with Gasteiger partial charge in [-0.05, 0) is 38.6 Å². The van der Waals surface area contributed by atoms with Crippen molar-refractivity contribution in [2.75, 3.05) is 26.2 Å². The van der Waals surface area contributed by atoms with Gasteiger partial charge in [-0.15, -0.1) is 0 Å². The Balaban J connectivity index is 2.12. The summed E-state index contributed by atoms with van der Waals surface area (Å²) in [6.07, 6.45) is 4.71. The van der Waals surface area contributed by atoms with Crippen molar-refractivity contribution in [1.82, 2.24) is 9.80 Å². The first-order valence-electron chi connectivity index (χ1n) is 7.61. The second kappa shape index (κ2) is 5.92. The van der Waals surface area contributed by atoms with E-state index in [4.69, 9.17) is 0 Å². The van der Waals surface area contributed by atoms with Gasteiger partial charge in [0.05, 0.1) is 6.07 Å². The van der Waals surface area contributed by atoms with Gasteiger partial charge in [0.2, 0.25) is 5.91 Å². The van der Waals surface area contributed by atoms with Crippen LogP contribution in [0.4, 0.5) is 0 Å². The number of nitrogens with zero attached hydrogens (tertiary/aromatic N) is 3. The summed E-state index contributed by atoms with van der Waals surface area (Å²) in [5, 5.41) is 9.43. The lowest BCUT2D eigenvalue weighted by Crippen LogP contribution is -2.46. The van der Waals surface area contributed by atoms with Crippen LogP contribution in [0, 0.1) is 16.7 Å². The van der Waals surface area contributed by atoms with Gasteiger partial charge >= 0.3 is 0 Å². The predicted molar refractivity (Wildman–Crippen MR) is 74.4 cm³/mol. The molecular formula is C15H25N3O. The maximum absolute atomic E-state index is 12.7. The van der Waals surface area contributed by atoms with Crippen LogP contribution in [0.25, 0.3) is 0 Å². The van der Waals surface area contributed by atoms with E-state index in [0.29, 0.717) is 18.9 Å². The lowest BCUT2D eigenvalue weighted by molar-refractivity contribution is -0.139. The highest BCUT2D eigenvalue weighted by atomic mass is 16.2. The molecule has 1 unspecified atom stereocenters. The molecule has 2 fully saturated rings. The third kappa shape index (κ3) is 2.62. The molecular weight excluding hydrogens is 238 g/mol. The van der Waals surface area contributed by atoms with Gasteiger partial charge < -0.3 is 4.90 Å². The Kier molecular flexibility index (Phi) is 4.46. The predicted octanol–water partition coefficient (Wildman–Crippen LogP) is 2.01. The van der Waals surface area contributed by atoms with Crippen molar-refractivity contribution in [2.24, 2.45) is 5.41 Å². The van der Waals surface area contributed by atoms with Crippen molar-refractivity contribution in [3.05, 3.63) is 0 Å². The van der Waals surface area contributed by atoms with Gasteiger partial charge in [-0.1, -0.05) is 13.8 Å². The van der Waals surface area contributed by atoms with E-state index in [1.54, 1.807) is 0 Å². The monoisotopic (exact) mass is 263 g/mol. The van der Waals surface area contributed by atoms with Gasteiger partial charge in [0.1, 0.15) is 5.41 Å². The van der Waals surface area contributed by atoms with Gasteiger partial charge in [-0.3, -0.25) is 9.69 Å². The average molecular weight is 263 g/mol. The molecule has 2 aliphatic rings. The van der Waals surface area contributed by atoms with Crippen LogP contribution < -0.4 is 0 Å². The molecule has 0 radical (unpaired) electrons. The highest BCUT2D eigenvalue weighted by Gasteiger charge is 2.40. The molecule has 0 aromatic carbocycles. The van der Waals surface area contributed by atoms with Crippen LogP contribution in [-0.4, -0.2) is 47.9 Å². The SMILES string of the molecule is CCC(C#N)(CC)C(=O)N1CCCN2CCCC2C1. The van der Waals surface area contributed by atoms with Crippen LogP contribution in [0.1, 0.15) is 46.0 Å². The Bertz CT molecular complexity index is 370. The van der Waals surface area contributed by atoms with Crippen LogP contribution in [0.15, 0.2) is 0 Å². The largest absolute Gasteiger partial charge is 0.340 e. The van der Waals surface area contributed by atoms with Gasteiger partial charge in [0, 0.05) is 25.7 Å². The Morgan fingerprint density at radius 1 is 1.26 bits per heavy atom. The number of rotatable bonds is 3. The molecule has 0 aliphatic carbocycles. The van der Waals surface area contributed by atoms with Crippen LogP contribution in [-0.2, 0) is 4.79 Å². The van der Waals surface area contributed by atoms with E-state index in [2.05, 4.69) is 11.0 Å². The fourth-order valence-corrected chi connectivity index (χ4v) is 3.45. The van der Waals surface area contributed by atoms with E-state index in [0.717, 1.165) is 26.1 Å². The van der Waals surface area contributed by atoms with Gasteiger partial charge in [-0.25, -0.2) is 0 Å². The average Bonchev–Trinajstić information content (AvgIpc) is 2.78. The number of nitriles is 1. The zero-order valence-corrected chi connectivity index (χ0v) is 12.2. The summed E-state index contributed by atoms with van der Waals surface area (Å²) < 4.78 is 0. The molecule has 4 heteroatoms. The number of carbonyl (C=O) groups excluding carboxylic acids is 1. The Hall–Kier alpha value is -1.08. The summed E-state index contributed by atoms with van der Waals surface area (Å²) in [4.78, 5) is 17.2. The third-order valence-electron chi connectivity index (χ3n) is 4.92. The zero-order chi connectivity index (χ0) is 13.9. The van der Waals surface area contributed by atoms with E-state index in [1.807, 2.05) is 18.7 Å². The summed E-state index contributed by atoms with van der Waals surface area (Å²) in [5.41, 5.74) is -0.798. The minimum Gasteiger partial charge on any atom is -0.340 e. The molecule has 4 nitrogen and oxygen atoms in total. The van der Waals surface area contributed by atoms with E-state index < -0.39 is 5.41 Å². The van der Waals surface area contributed by atoms with E-state index in [9.17, 15) is 10.1 Å². The molecule has 0 aromatic rings. The molecule has 2 heterocycles. The Morgan fingerprint density at radius 3 is 2.58 bits per heavy atom. The van der Waals surface area contributed by atoms with Gasteiger partial charge in [-0.2, -0.15) is 5.26 Å². The maximum atomic E-state index is 12.7. The highest BCUT2D eigenvalue weighted by molar-refractivity contribution is 5.85. The lowest BCUT2D eigenvalue weighted by Gasteiger charge is -2.32. The molecule has 106 valence electrons. The first-order valence-corrected chi connectivity index (χ1v) is 7.61. The van der Waals surface area contributed by atoms with Crippen molar-refractivity contribution in [3.63, 3.8) is 0 Å². The molecule has 1 atom stereocenters. The van der Waals surface area contributed by atoms with Crippen molar-refractivity contribution in [2.45, 2.75) is 52.0 Å². The molecule has 0 N–H and O–H groups in total. The molecule has 2 aliphatic heterocycles. The standard InChI is InChI=1S/C15H25N3O/c1-3-15(4-2,12-16)14(19)18-10-6-9-17-8-5-7-13(17)11-18/h13H,3-11H2,1-2H3. The van der Waals surface area contributed by atoms with Crippen LogP contribution in [0.2, 0.25) is 0 Å². The number of carbonyl (C=O) groups is 1. The second-order valence-electron chi connectivity index (χ2n) is 5.84. The Labute approximate surface area is 116 Å². The van der Waals surface area contributed by atoms with Crippen LogP contribution >= 0.6 is 0 Å². The van der Waals surface area contributed by atoms with Crippen LogP contribution in [0.3, 0.4) is 0 Å². The van der Waals surface area contributed by atoms with Gasteiger partial charge in [0.15, 0.2) is 0 Å². The first-order chi connectivity index (χ1) is 9.16. The van der Waals surface area contributed by atoms with Crippen molar-refractivity contribution in [3.8, 4) is 6.07 Å². The van der Waals surface area contributed by atoms with E-state index >= 15 is 0 Å². The number of hydrogen-bond donors (Lipinski definition) is 0. The van der Waals surface area contributed by atoms with Gasteiger partial charge in [0.25, 0.3) is 0 Å². The fourth-order valence-electron chi connectivity index (χ4n) is 3.45. The quantitative estimate of drug-likeness (QED) is 0.782. The normalized spacial score (nSPS) is 24.7. The number of hydrogen-bond acceptors (Lipinski definition) is 3. The van der Waals surface area contributed by atoms with Crippen LogP contribution in [0.5, 0.6) is 0 Å². The summed E-state index contributed by atoms with van der Waals surface area (Å²) in [6, 6.07) is 2.81. The summed E-state index contributed by atoms with van der Waals surface area (Å²) >= 11 is 0. The second-order valence-corrected chi connectivity index (χ2v) is 5.84. The highest BCUT2D eigenvalue weighted by Crippen LogP contribution is 2.30. The van der Waals surface area contributed by atoms with E-state index in [1.165, 1.54) is 19.4 Å². The van der Waals surface area contributed by atoms with Crippen molar-refractivity contribution < 1.29 is 4.79 Å². The molecule has 19 heavy (non-hydrogen) atoms. The third-order valence-corrected chi connectivity index (χ3v) is 4.92. The summed E-state index contributed by atoms with van der Waals surface area (Å²) in [7, 11) is 0. The molecule has 1 amide bonds. The lowest BCUT2D eigenvalue weighted by atomic mass is 9.82.